The van der Waals surface area contributed by atoms with Crippen molar-refractivity contribution < 1.29 is 24.9 Å². The average Bonchev–Trinajstić information content (AvgIpc) is 2.65. The van der Waals surface area contributed by atoms with Crippen LogP contribution < -0.4 is 0 Å². The van der Waals surface area contributed by atoms with Crippen molar-refractivity contribution in [2.75, 3.05) is 0 Å². The Bertz CT molecular complexity index is 860. The second kappa shape index (κ2) is 10.7. The molecule has 0 aliphatic heterocycles. The van der Waals surface area contributed by atoms with Crippen LogP contribution in [0.4, 0.5) is 0 Å². The summed E-state index contributed by atoms with van der Waals surface area (Å²) in [5.74, 6) is -0.165. The summed E-state index contributed by atoms with van der Waals surface area (Å²) in [6.45, 7) is 9.01. The quantitative estimate of drug-likeness (QED) is 0.508. The Morgan fingerprint density at radius 3 is 1.77 bits per heavy atom. The maximum Gasteiger partial charge on any atom is 0.308 e. The van der Waals surface area contributed by atoms with E-state index in [1.807, 2.05) is 27.7 Å². The molecule has 0 saturated heterocycles. The van der Waals surface area contributed by atoms with Gasteiger partial charge in [0.25, 0.3) is 0 Å². The number of aryl methyl sites for hydroxylation is 1. The van der Waals surface area contributed by atoms with E-state index in [0.29, 0.717) is 16.8 Å². The van der Waals surface area contributed by atoms with Gasteiger partial charge in [0.05, 0.1) is 17.5 Å². The first kappa shape index (κ1) is 25.0. The zero-order valence-corrected chi connectivity index (χ0v) is 18.2. The minimum absolute atomic E-state index is 0.0261. The summed E-state index contributed by atoms with van der Waals surface area (Å²) in [5.41, 5.74) is 1.17. The van der Waals surface area contributed by atoms with Crippen LogP contribution >= 0.6 is 0 Å². The van der Waals surface area contributed by atoms with Gasteiger partial charge in [-0.05, 0) is 37.2 Å². The highest BCUT2D eigenvalue weighted by molar-refractivity contribution is 5.73. The molecule has 4 unspecified atom stereocenters. The number of aromatic hydroxyl groups is 1. The van der Waals surface area contributed by atoms with Gasteiger partial charge in [0.2, 0.25) is 0 Å². The highest BCUT2D eigenvalue weighted by atomic mass is 16.4. The SMILES string of the molecule is C#CC(C(C)C)C(Cc1cnc(C)c(O)c1CC(C(=O)O)C(C#C)C(C)C)C(=O)O. The molecule has 1 rings (SSSR count). The summed E-state index contributed by atoms with van der Waals surface area (Å²) < 4.78 is 0. The molecular weight excluding hydrogens is 382 g/mol. The van der Waals surface area contributed by atoms with E-state index in [1.54, 1.807) is 6.92 Å². The van der Waals surface area contributed by atoms with Gasteiger partial charge in [-0.15, -0.1) is 24.7 Å². The van der Waals surface area contributed by atoms with Crippen molar-refractivity contribution in [3.63, 3.8) is 0 Å². The Labute approximate surface area is 178 Å². The Morgan fingerprint density at radius 1 is 0.967 bits per heavy atom. The number of carboxylic acid groups (broad SMARTS) is 2. The Hall–Kier alpha value is -2.99. The molecule has 1 aromatic rings. The monoisotopic (exact) mass is 413 g/mol. The van der Waals surface area contributed by atoms with E-state index in [1.165, 1.54) is 6.20 Å². The topological polar surface area (TPSA) is 108 Å². The Balaban J connectivity index is 3.49. The molecular formula is C24H31NO5. The molecule has 0 aliphatic rings. The summed E-state index contributed by atoms with van der Waals surface area (Å²) in [6.07, 6.45) is 12.7. The number of pyridine rings is 1. The lowest BCUT2D eigenvalue weighted by Crippen LogP contribution is -2.30. The molecule has 0 saturated carbocycles. The molecule has 0 fully saturated rings. The van der Waals surface area contributed by atoms with Crippen LogP contribution in [0.3, 0.4) is 0 Å². The van der Waals surface area contributed by atoms with Gasteiger partial charge in [0.1, 0.15) is 5.75 Å². The number of carboxylic acids is 2. The molecule has 0 radical (unpaired) electrons. The van der Waals surface area contributed by atoms with E-state index >= 15 is 0 Å². The highest BCUT2D eigenvalue weighted by Gasteiger charge is 2.34. The number of hydrogen-bond acceptors (Lipinski definition) is 4. The minimum atomic E-state index is -1.06. The third-order valence-corrected chi connectivity index (χ3v) is 5.62. The van der Waals surface area contributed by atoms with E-state index in [9.17, 15) is 24.9 Å². The van der Waals surface area contributed by atoms with Crippen molar-refractivity contribution in [2.45, 2.75) is 47.5 Å². The van der Waals surface area contributed by atoms with Crippen molar-refractivity contribution >= 4 is 11.9 Å². The molecule has 1 aromatic heterocycles. The van der Waals surface area contributed by atoms with Crippen LogP contribution in [-0.4, -0.2) is 32.2 Å². The van der Waals surface area contributed by atoms with Gasteiger partial charge in [-0.2, -0.15) is 0 Å². The van der Waals surface area contributed by atoms with Crippen molar-refractivity contribution in [3.8, 4) is 30.4 Å². The van der Waals surface area contributed by atoms with E-state index in [-0.39, 0.29) is 30.4 Å². The van der Waals surface area contributed by atoms with E-state index in [2.05, 4.69) is 16.8 Å². The van der Waals surface area contributed by atoms with Crippen LogP contribution in [0.5, 0.6) is 5.75 Å². The number of rotatable bonds is 10. The van der Waals surface area contributed by atoms with E-state index < -0.39 is 35.6 Å². The maximum atomic E-state index is 12.0. The van der Waals surface area contributed by atoms with Gasteiger partial charge >= 0.3 is 11.9 Å². The van der Waals surface area contributed by atoms with Crippen molar-refractivity contribution in [1.29, 1.82) is 0 Å². The molecule has 6 heteroatoms. The molecule has 30 heavy (non-hydrogen) atoms. The van der Waals surface area contributed by atoms with Crippen molar-refractivity contribution in [3.05, 3.63) is 23.0 Å². The summed E-state index contributed by atoms with van der Waals surface area (Å²) in [6, 6.07) is 0. The molecule has 3 N–H and O–H groups in total. The van der Waals surface area contributed by atoms with Crippen LogP contribution in [0.1, 0.15) is 44.5 Å². The molecule has 6 nitrogen and oxygen atoms in total. The average molecular weight is 414 g/mol. The lowest BCUT2D eigenvalue weighted by atomic mass is 9.77. The first-order valence-corrected chi connectivity index (χ1v) is 10.00. The Kier molecular flexibility index (Phi) is 8.93. The molecule has 162 valence electrons. The standard InChI is InChI=1S/C24H31NO5/c1-8-17(13(3)4)20(23(27)28)10-16-12-25-15(7)22(26)19(16)11-21(24(29)30)18(9-2)14(5)6/h1-2,12-14,17-18,20-21,26H,10-11H2,3-7H3,(H,27,28)(H,29,30). The lowest BCUT2D eigenvalue weighted by Gasteiger charge is -2.26. The van der Waals surface area contributed by atoms with Crippen LogP contribution in [-0.2, 0) is 22.4 Å². The predicted molar refractivity (Wildman–Crippen MR) is 115 cm³/mol. The predicted octanol–water partition coefficient (Wildman–Crippen LogP) is 3.39. The number of nitrogens with zero attached hydrogens (tertiary/aromatic N) is 1. The van der Waals surface area contributed by atoms with Crippen LogP contribution in [0.2, 0.25) is 0 Å². The van der Waals surface area contributed by atoms with Gasteiger partial charge < -0.3 is 15.3 Å². The van der Waals surface area contributed by atoms with Gasteiger partial charge in [0.15, 0.2) is 0 Å². The zero-order valence-electron chi connectivity index (χ0n) is 18.2. The maximum absolute atomic E-state index is 12.0. The summed E-state index contributed by atoms with van der Waals surface area (Å²) >= 11 is 0. The van der Waals surface area contributed by atoms with Gasteiger partial charge in [0, 0.05) is 23.6 Å². The van der Waals surface area contributed by atoms with Gasteiger partial charge in [-0.3, -0.25) is 14.6 Å². The summed E-state index contributed by atoms with van der Waals surface area (Å²) in [7, 11) is 0. The van der Waals surface area contributed by atoms with E-state index in [0.717, 1.165) is 0 Å². The molecule has 1 heterocycles. The van der Waals surface area contributed by atoms with Crippen LogP contribution in [0.25, 0.3) is 0 Å². The number of aliphatic carboxylic acids is 2. The number of aromatic nitrogens is 1. The van der Waals surface area contributed by atoms with Gasteiger partial charge in [-0.1, -0.05) is 27.7 Å². The number of hydrogen-bond donors (Lipinski definition) is 3. The van der Waals surface area contributed by atoms with Crippen LogP contribution in [0, 0.1) is 67.1 Å². The lowest BCUT2D eigenvalue weighted by molar-refractivity contribution is -0.144. The highest BCUT2D eigenvalue weighted by Crippen LogP contribution is 2.34. The largest absolute Gasteiger partial charge is 0.506 e. The third kappa shape index (κ3) is 5.76. The van der Waals surface area contributed by atoms with Crippen molar-refractivity contribution in [2.24, 2.45) is 35.5 Å². The molecule has 0 spiro atoms. The smallest absolute Gasteiger partial charge is 0.308 e. The van der Waals surface area contributed by atoms with Crippen LogP contribution in [0.15, 0.2) is 6.20 Å². The first-order chi connectivity index (χ1) is 14.0. The van der Waals surface area contributed by atoms with Gasteiger partial charge in [-0.25, -0.2) is 0 Å². The fraction of sp³-hybridized carbons (Fsp3) is 0.542. The fourth-order valence-corrected chi connectivity index (χ4v) is 3.83. The van der Waals surface area contributed by atoms with Crippen molar-refractivity contribution in [1.82, 2.24) is 4.98 Å². The molecule has 0 bridgehead atoms. The summed E-state index contributed by atoms with van der Waals surface area (Å²) in [5, 5.41) is 30.2. The number of terminal acetylenes is 2. The zero-order chi connectivity index (χ0) is 23.2. The normalized spacial score (nSPS) is 15.1. The second-order valence-electron chi connectivity index (χ2n) is 8.37. The molecule has 0 amide bonds. The van der Waals surface area contributed by atoms with E-state index in [4.69, 9.17) is 12.8 Å². The Morgan fingerprint density at radius 2 is 1.40 bits per heavy atom. The molecule has 0 aromatic carbocycles. The third-order valence-electron chi connectivity index (χ3n) is 5.62. The fourth-order valence-electron chi connectivity index (χ4n) is 3.83. The second-order valence-corrected chi connectivity index (χ2v) is 8.37. The molecule has 0 aliphatic carbocycles. The summed E-state index contributed by atoms with van der Waals surface area (Å²) in [4.78, 5) is 28.1. The first-order valence-electron chi connectivity index (χ1n) is 10.00. The minimum Gasteiger partial charge on any atom is -0.506 e. The number of carbonyl (C=O) groups is 2. The molecule has 4 atom stereocenters.